The molecule has 0 radical (unpaired) electrons. The summed E-state index contributed by atoms with van der Waals surface area (Å²) < 4.78 is 29.8. The Morgan fingerprint density at radius 2 is 1.57 bits per heavy atom. The molecule has 1 N–H and O–H groups in total. The van der Waals surface area contributed by atoms with Crippen LogP contribution in [0.15, 0.2) is 76.1 Å². The van der Waals surface area contributed by atoms with E-state index in [2.05, 4.69) is 21.2 Å². The Morgan fingerprint density at radius 3 is 2.14 bits per heavy atom. The lowest BCUT2D eigenvalue weighted by Crippen LogP contribution is -2.53. The number of aryl methyl sites for hydroxylation is 1. The first-order valence-corrected chi connectivity index (χ1v) is 16.9. The van der Waals surface area contributed by atoms with Gasteiger partial charge in [0.2, 0.25) is 11.8 Å². The molecule has 3 aromatic carbocycles. The smallest absolute Gasteiger partial charge is 0.264 e. The first-order valence-electron chi connectivity index (χ1n) is 13.9. The van der Waals surface area contributed by atoms with Crippen LogP contribution in [-0.4, -0.2) is 43.8 Å². The van der Waals surface area contributed by atoms with E-state index in [0.717, 1.165) is 40.0 Å². The number of carbonyl (C=O) groups is 2. The van der Waals surface area contributed by atoms with Crippen molar-refractivity contribution in [3.8, 4) is 0 Å². The molecule has 1 fully saturated rings. The molecule has 1 atom stereocenters. The highest BCUT2D eigenvalue weighted by molar-refractivity contribution is 9.10. The zero-order valence-electron chi connectivity index (χ0n) is 23.5. The van der Waals surface area contributed by atoms with E-state index in [0.29, 0.717) is 27.7 Å². The molecule has 1 saturated carbocycles. The third-order valence-electron chi connectivity index (χ3n) is 7.48. The van der Waals surface area contributed by atoms with Crippen LogP contribution in [0.1, 0.15) is 50.2 Å². The molecule has 0 unspecified atom stereocenters. The van der Waals surface area contributed by atoms with Gasteiger partial charge in [0, 0.05) is 32.7 Å². The molecular formula is C31H34BrCl2N3O4S. The van der Waals surface area contributed by atoms with E-state index >= 15 is 0 Å². The highest BCUT2D eigenvalue weighted by atomic mass is 79.9. The summed E-state index contributed by atoms with van der Waals surface area (Å²) in [5.41, 5.74) is 1.70. The van der Waals surface area contributed by atoms with Crippen molar-refractivity contribution >= 4 is 66.7 Å². The van der Waals surface area contributed by atoms with E-state index in [1.54, 1.807) is 54.6 Å². The minimum atomic E-state index is -4.15. The van der Waals surface area contributed by atoms with Crippen LogP contribution in [0.2, 0.25) is 10.0 Å². The van der Waals surface area contributed by atoms with E-state index in [1.807, 2.05) is 13.8 Å². The fraction of sp³-hybridized carbons (Fsp3) is 0.355. The molecule has 1 aliphatic carbocycles. The minimum absolute atomic E-state index is 0.0496. The lowest BCUT2D eigenvalue weighted by Gasteiger charge is -2.34. The highest BCUT2D eigenvalue weighted by Gasteiger charge is 2.35. The van der Waals surface area contributed by atoms with Gasteiger partial charge < -0.3 is 10.2 Å². The molecule has 2 amide bonds. The number of carbonyl (C=O) groups excluding carboxylic acids is 2. The van der Waals surface area contributed by atoms with Crippen LogP contribution in [-0.2, 0) is 26.2 Å². The lowest BCUT2D eigenvalue weighted by molar-refractivity contribution is -0.140. The van der Waals surface area contributed by atoms with Gasteiger partial charge in [0.1, 0.15) is 12.6 Å². The number of amides is 2. The summed E-state index contributed by atoms with van der Waals surface area (Å²) >= 11 is 16.4. The van der Waals surface area contributed by atoms with Crippen LogP contribution >= 0.6 is 39.1 Å². The van der Waals surface area contributed by atoms with Gasteiger partial charge in [-0.15, -0.1) is 0 Å². The van der Waals surface area contributed by atoms with Crippen molar-refractivity contribution in [1.29, 1.82) is 0 Å². The van der Waals surface area contributed by atoms with E-state index in [-0.39, 0.29) is 23.4 Å². The van der Waals surface area contributed by atoms with Crippen LogP contribution < -0.4 is 9.62 Å². The van der Waals surface area contributed by atoms with Crippen molar-refractivity contribution in [2.45, 2.75) is 69.5 Å². The zero-order chi connectivity index (χ0) is 30.4. The second kappa shape index (κ2) is 14.3. The van der Waals surface area contributed by atoms with Gasteiger partial charge in [0.25, 0.3) is 10.0 Å². The maximum atomic E-state index is 14.2. The van der Waals surface area contributed by atoms with E-state index in [4.69, 9.17) is 23.2 Å². The standard InChI is InChI=1S/C31H34BrCl2N3O4S/c1-3-29(31(39)35-23-7-4-5-8-23)36(19-26-27(33)9-6-10-28(26)34)30(38)20-37(24-15-13-22(32)14-16-24)42(40,41)25-17-11-21(2)12-18-25/h6,9-18,23,29H,3-5,7-8,19-20H2,1-2H3,(H,35,39)/t29-/m1/s1. The minimum Gasteiger partial charge on any atom is -0.352 e. The molecule has 0 aliphatic heterocycles. The van der Waals surface area contributed by atoms with Gasteiger partial charge in [0.15, 0.2) is 0 Å². The summed E-state index contributed by atoms with van der Waals surface area (Å²) in [7, 11) is -4.15. The van der Waals surface area contributed by atoms with Gasteiger partial charge in [-0.1, -0.05) is 82.7 Å². The Labute approximate surface area is 266 Å². The largest absolute Gasteiger partial charge is 0.352 e. The Morgan fingerprint density at radius 1 is 0.976 bits per heavy atom. The molecule has 0 heterocycles. The monoisotopic (exact) mass is 693 g/mol. The Bertz CT molecular complexity index is 1490. The molecule has 0 saturated heterocycles. The second-order valence-electron chi connectivity index (χ2n) is 10.4. The number of anilines is 1. The second-order valence-corrected chi connectivity index (χ2v) is 14.0. The maximum absolute atomic E-state index is 14.2. The Kier molecular flexibility index (Phi) is 11.0. The fourth-order valence-electron chi connectivity index (χ4n) is 5.11. The number of hydrogen-bond donors (Lipinski definition) is 1. The quantitative estimate of drug-likeness (QED) is 0.232. The predicted octanol–water partition coefficient (Wildman–Crippen LogP) is 7.13. The molecule has 0 bridgehead atoms. The van der Waals surface area contributed by atoms with Gasteiger partial charge >= 0.3 is 0 Å². The number of hydrogen-bond acceptors (Lipinski definition) is 4. The molecule has 3 aromatic rings. The Hall–Kier alpha value is -2.59. The predicted molar refractivity (Wildman–Crippen MR) is 171 cm³/mol. The topological polar surface area (TPSA) is 86.8 Å². The molecule has 42 heavy (non-hydrogen) atoms. The third-order valence-corrected chi connectivity index (χ3v) is 10.5. The van der Waals surface area contributed by atoms with Crippen LogP contribution in [0.3, 0.4) is 0 Å². The van der Waals surface area contributed by atoms with Crippen LogP contribution in [0.5, 0.6) is 0 Å². The lowest BCUT2D eigenvalue weighted by atomic mass is 10.1. The number of halogens is 3. The van der Waals surface area contributed by atoms with Crippen LogP contribution in [0, 0.1) is 6.92 Å². The summed E-state index contributed by atoms with van der Waals surface area (Å²) in [5, 5.41) is 3.80. The molecule has 224 valence electrons. The first kappa shape index (κ1) is 32.3. The molecule has 7 nitrogen and oxygen atoms in total. The van der Waals surface area contributed by atoms with Crippen molar-refractivity contribution in [1.82, 2.24) is 10.2 Å². The maximum Gasteiger partial charge on any atom is 0.264 e. The van der Waals surface area contributed by atoms with Crippen LogP contribution in [0.4, 0.5) is 5.69 Å². The molecule has 0 aromatic heterocycles. The average Bonchev–Trinajstić information content (AvgIpc) is 3.47. The summed E-state index contributed by atoms with van der Waals surface area (Å²) in [5.74, 6) is -0.837. The van der Waals surface area contributed by atoms with Crippen molar-refractivity contribution < 1.29 is 18.0 Å². The first-order chi connectivity index (χ1) is 20.0. The number of nitrogens with one attached hydrogen (secondary N) is 1. The van der Waals surface area contributed by atoms with Gasteiger partial charge in [0.05, 0.1) is 10.6 Å². The number of sulfonamides is 1. The van der Waals surface area contributed by atoms with Gasteiger partial charge in [-0.05, 0) is 74.7 Å². The van der Waals surface area contributed by atoms with E-state index < -0.39 is 28.5 Å². The van der Waals surface area contributed by atoms with Crippen molar-refractivity contribution in [2.24, 2.45) is 0 Å². The normalized spacial score (nSPS) is 14.4. The van der Waals surface area contributed by atoms with Gasteiger partial charge in [-0.25, -0.2) is 8.42 Å². The number of nitrogens with zero attached hydrogens (tertiary/aromatic N) is 2. The summed E-state index contributed by atoms with van der Waals surface area (Å²) in [6, 6.07) is 17.4. The van der Waals surface area contributed by atoms with Crippen molar-refractivity contribution in [3.63, 3.8) is 0 Å². The number of rotatable bonds is 11. The van der Waals surface area contributed by atoms with Crippen molar-refractivity contribution in [3.05, 3.63) is 92.4 Å². The van der Waals surface area contributed by atoms with Crippen LogP contribution in [0.25, 0.3) is 0 Å². The SMILES string of the molecule is CC[C@H](C(=O)NC1CCCC1)N(Cc1c(Cl)cccc1Cl)C(=O)CN(c1ccc(Br)cc1)S(=O)(=O)c1ccc(C)cc1. The fourth-order valence-corrected chi connectivity index (χ4v) is 7.31. The zero-order valence-corrected chi connectivity index (χ0v) is 27.4. The van der Waals surface area contributed by atoms with Gasteiger partial charge in [-0.2, -0.15) is 0 Å². The Balaban J connectivity index is 1.74. The summed E-state index contributed by atoms with van der Waals surface area (Å²) in [6.45, 7) is 3.09. The summed E-state index contributed by atoms with van der Waals surface area (Å²) in [6.07, 6.45) is 4.17. The molecule has 0 spiro atoms. The van der Waals surface area contributed by atoms with Crippen molar-refractivity contribution in [2.75, 3.05) is 10.8 Å². The molecular weight excluding hydrogens is 661 g/mol. The average molecular weight is 696 g/mol. The molecule has 1 aliphatic rings. The van der Waals surface area contributed by atoms with Gasteiger partial charge in [-0.3, -0.25) is 13.9 Å². The number of benzene rings is 3. The van der Waals surface area contributed by atoms with E-state index in [9.17, 15) is 18.0 Å². The summed E-state index contributed by atoms with van der Waals surface area (Å²) in [4.78, 5) is 29.3. The molecule has 11 heteroatoms. The third kappa shape index (κ3) is 7.67. The van der Waals surface area contributed by atoms with E-state index in [1.165, 1.54) is 17.0 Å². The highest BCUT2D eigenvalue weighted by Crippen LogP contribution is 2.29. The molecule has 4 rings (SSSR count).